The van der Waals surface area contributed by atoms with Gasteiger partial charge in [-0.3, -0.25) is 4.79 Å². The van der Waals surface area contributed by atoms with Crippen molar-refractivity contribution >= 4 is 15.9 Å². The van der Waals surface area contributed by atoms with E-state index in [0.29, 0.717) is 0 Å². The minimum Gasteiger partial charge on any atom is -0.493 e. The van der Waals surface area contributed by atoms with Crippen LogP contribution in [0.15, 0.2) is 42.5 Å². The number of rotatable bonds is 3. The normalized spacial score (nSPS) is 18.9. The van der Waals surface area contributed by atoms with Gasteiger partial charge in [-0.25, -0.2) is 0 Å². The van der Waals surface area contributed by atoms with Crippen molar-refractivity contribution in [2.45, 2.75) is 18.6 Å². The van der Waals surface area contributed by atoms with Crippen LogP contribution in [0.2, 0.25) is 0 Å². The Morgan fingerprint density at radius 1 is 1.13 bits per heavy atom. The topological polar surface area (TPSA) is 69.7 Å². The Bertz CT molecular complexity index is 853. The number of hydrogen-bond donors (Lipinski definition) is 0. The van der Waals surface area contributed by atoms with Crippen LogP contribution in [0.5, 0.6) is 11.5 Å². The van der Waals surface area contributed by atoms with Gasteiger partial charge in [0.2, 0.25) is 0 Å². The zero-order valence-electron chi connectivity index (χ0n) is 12.8. The maximum Gasteiger partial charge on any atom is 0.320 e. The fraction of sp³-hybridized carbons (Fsp3) is 0.235. The molecule has 23 heavy (non-hydrogen) atoms. The number of ketones is 1. The summed E-state index contributed by atoms with van der Waals surface area (Å²) in [6.07, 6.45) is 0.0814. The third kappa shape index (κ3) is 2.82. The standard InChI is InChI=1S/C17H16O5S/c1-11-6-8-12(9-7-11)10-15-16(18)13-4-3-5-14(21-2)17(13)22-23(15,19)20/h3-9,15H,10H2,1-2H3. The van der Waals surface area contributed by atoms with E-state index < -0.39 is 21.2 Å². The molecule has 5 nitrogen and oxygen atoms in total. The van der Waals surface area contributed by atoms with Crippen molar-refractivity contribution < 1.29 is 22.1 Å². The highest BCUT2D eigenvalue weighted by molar-refractivity contribution is 7.88. The predicted octanol–water partition coefficient (Wildman–Crippen LogP) is 2.52. The first-order valence-corrected chi connectivity index (χ1v) is 8.59. The molecule has 0 saturated carbocycles. The number of benzene rings is 2. The molecule has 6 heteroatoms. The van der Waals surface area contributed by atoms with Crippen LogP contribution >= 0.6 is 0 Å². The molecular weight excluding hydrogens is 316 g/mol. The number of fused-ring (bicyclic) bond motifs is 1. The van der Waals surface area contributed by atoms with Crippen LogP contribution in [-0.4, -0.2) is 26.6 Å². The molecule has 1 heterocycles. The van der Waals surface area contributed by atoms with Crippen LogP contribution in [0.4, 0.5) is 0 Å². The van der Waals surface area contributed by atoms with Gasteiger partial charge >= 0.3 is 10.1 Å². The molecule has 0 bridgehead atoms. The second-order valence-corrected chi connectivity index (χ2v) is 7.18. The second-order valence-electron chi connectivity index (χ2n) is 5.46. The zero-order valence-corrected chi connectivity index (χ0v) is 13.6. The number of methoxy groups -OCH3 is 1. The first-order valence-electron chi connectivity index (χ1n) is 7.12. The molecule has 3 rings (SSSR count). The lowest BCUT2D eigenvalue weighted by Gasteiger charge is -2.24. The summed E-state index contributed by atoms with van der Waals surface area (Å²) in [5, 5.41) is -1.25. The maximum atomic E-state index is 12.7. The van der Waals surface area contributed by atoms with Crippen LogP contribution in [0.1, 0.15) is 21.5 Å². The quantitative estimate of drug-likeness (QED) is 0.808. The van der Waals surface area contributed by atoms with Gasteiger partial charge in [-0.2, -0.15) is 8.42 Å². The molecule has 120 valence electrons. The Labute approximate surface area is 135 Å². The molecule has 0 radical (unpaired) electrons. The first-order chi connectivity index (χ1) is 10.9. The monoisotopic (exact) mass is 332 g/mol. The van der Waals surface area contributed by atoms with E-state index in [9.17, 15) is 13.2 Å². The summed E-state index contributed by atoms with van der Waals surface area (Å²) in [6, 6.07) is 12.2. The molecule has 2 aromatic carbocycles. The molecule has 1 atom stereocenters. The fourth-order valence-electron chi connectivity index (χ4n) is 2.57. The Kier molecular flexibility index (Phi) is 3.85. The second kappa shape index (κ2) is 5.70. The third-order valence-corrected chi connectivity index (χ3v) is 5.32. The van der Waals surface area contributed by atoms with E-state index in [1.165, 1.54) is 7.11 Å². The van der Waals surface area contributed by atoms with Crippen molar-refractivity contribution in [3.63, 3.8) is 0 Å². The van der Waals surface area contributed by atoms with Crippen molar-refractivity contribution in [2.75, 3.05) is 7.11 Å². The van der Waals surface area contributed by atoms with Gasteiger partial charge in [-0.15, -0.1) is 0 Å². The van der Waals surface area contributed by atoms with Gasteiger partial charge in [0.15, 0.2) is 22.5 Å². The van der Waals surface area contributed by atoms with E-state index in [1.807, 2.05) is 31.2 Å². The van der Waals surface area contributed by atoms with Crippen LogP contribution in [0, 0.1) is 6.92 Å². The average Bonchev–Trinajstić information content (AvgIpc) is 2.52. The summed E-state index contributed by atoms with van der Waals surface area (Å²) in [7, 11) is -2.66. The molecule has 1 aliphatic rings. The molecule has 0 fully saturated rings. The van der Waals surface area contributed by atoms with Gasteiger partial charge in [0, 0.05) is 6.42 Å². The molecule has 0 N–H and O–H groups in total. The van der Waals surface area contributed by atoms with Crippen molar-refractivity contribution in [1.82, 2.24) is 0 Å². The molecule has 2 aromatic rings. The highest BCUT2D eigenvalue weighted by atomic mass is 32.2. The number of para-hydroxylation sites is 1. The van der Waals surface area contributed by atoms with Gasteiger partial charge in [0.05, 0.1) is 12.7 Å². The molecule has 1 aliphatic heterocycles. The molecule has 1 unspecified atom stereocenters. The van der Waals surface area contributed by atoms with E-state index in [1.54, 1.807) is 18.2 Å². The van der Waals surface area contributed by atoms with E-state index in [-0.39, 0.29) is 23.5 Å². The van der Waals surface area contributed by atoms with Crippen LogP contribution in [-0.2, 0) is 16.5 Å². The lowest BCUT2D eigenvalue weighted by molar-refractivity contribution is 0.0975. The number of carbonyl (C=O) groups is 1. The average molecular weight is 332 g/mol. The van der Waals surface area contributed by atoms with Gasteiger partial charge in [-0.1, -0.05) is 35.9 Å². The summed E-state index contributed by atoms with van der Waals surface area (Å²) < 4.78 is 35.0. The third-order valence-electron chi connectivity index (χ3n) is 3.85. The molecule has 0 aliphatic carbocycles. The predicted molar refractivity (Wildman–Crippen MR) is 85.5 cm³/mol. The largest absolute Gasteiger partial charge is 0.493 e. The number of ether oxygens (including phenoxy) is 1. The van der Waals surface area contributed by atoms with Crippen LogP contribution in [0.25, 0.3) is 0 Å². The first kappa shape index (κ1) is 15.6. The molecule has 0 spiro atoms. The summed E-state index contributed by atoms with van der Waals surface area (Å²) >= 11 is 0. The Morgan fingerprint density at radius 3 is 2.48 bits per heavy atom. The van der Waals surface area contributed by atoms with Crippen molar-refractivity contribution in [3.8, 4) is 11.5 Å². The number of carbonyl (C=O) groups excluding carboxylic acids is 1. The highest BCUT2D eigenvalue weighted by Gasteiger charge is 2.42. The molecule has 0 amide bonds. The number of Topliss-reactive ketones (excluding diaryl/α,β-unsaturated/α-hetero) is 1. The lowest BCUT2D eigenvalue weighted by Crippen LogP contribution is -2.39. The van der Waals surface area contributed by atoms with Crippen molar-refractivity contribution in [3.05, 3.63) is 59.2 Å². The number of hydrogen-bond acceptors (Lipinski definition) is 5. The SMILES string of the molecule is COc1cccc2c1OS(=O)(=O)C(Cc1ccc(C)cc1)C2=O. The lowest BCUT2D eigenvalue weighted by atomic mass is 10.0. The van der Waals surface area contributed by atoms with Gasteiger partial charge in [0.1, 0.15) is 0 Å². The van der Waals surface area contributed by atoms with Crippen molar-refractivity contribution in [1.29, 1.82) is 0 Å². The number of aryl methyl sites for hydroxylation is 1. The summed E-state index contributed by atoms with van der Waals surface area (Å²) in [5.74, 6) is -0.265. The minimum atomic E-state index is -4.06. The minimum absolute atomic E-state index is 0.0276. The van der Waals surface area contributed by atoms with Gasteiger partial charge in [0.25, 0.3) is 0 Å². The van der Waals surface area contributed by atoms with Crippen LogP contribution in [0.3, 0.4) is 0 Å². The smallest absolute Gasteiger partial charge is 0.320 e. The maximum absolute atomic E-state index is 12.7. The van der Waals surface area contributed by atoms with Gasteiger partial charge < -0.3 is 8.92 Å². The molecule has 0 saturated heterocycles. The van der Waals surface area contributed by atoms with Crippen LogP contribution < -0.4 is 8.92 Å². The summed E-state index contributed by atoms with van der Waals surface area (Å²) in [6.45, 7) is 1.94. The Morgan fingerprint density at radius 2 is 1.83 bits per heavy atom. The summed E-state index contributed by atoms with van der Waals surface area (Å²) in [4.78, 5) is 12.7. The Hall–Kier alpha value is -2.34. The van der Waals surface area contributed by atoms with Crippen molar-refractivity contribution in [2.24, 2.45) is 0 Å². The van der Waals surface area contributed by atoms with E-state index in [4.69, 9.17) is 8.92 Å². The van der Waals surface area contributed by atoms with E-state index in [2.05, 4.69) is 0 Å². The molecule has 0 aromatic heterocycles. The van der Waals surface area contributed by atoms with E-state index in [0.717, 1.165) is 11.1 Å². The summed E-state index contributed by atoms with van der Waals surface area (Å²) in [5.41, 5.74) is 2.07. The van der Waals surface area contributed by atoms with Gasteiger partial charge in [-0.05, 0) is 24.6 Å². The fourth-order valence-corrected chi connectivity index (χ4v) is 3.87. The zero-order chi connectivity index (χ0) is 16.6. The van der Waals surface area contributed by atoms with E-state index >= 15 is 0 Å². The Balaban J connectivity index is 2.01. The highest BCUT2D eigenvalue weighted by Crippen LogP contribution is 2.38. The molecular formula is C17H16O5S.